The molecule has 0 bridgehead atoms. The molecule has 6 heteroatoms. The molecule has 0 radical (unpaired) electrons. The molecular formula is C15H13Cl2NO3. The number of carbonyl (C=O) groups excluding carboxylic acids is 2. The second-order valence-corrected chi connectivity index (χ2v) is 5.37. The minimum Gasteiger partial charge on any atom is -0.456 e. The molecule has 0 saturated heterocycles. The Morgan fingerprint density at radius 1 is 1.24 bits per heavy atom. The van der Waals surface area contributed by atoms with Gasteiger partial charge in [-0.1, -0.05) is 29.3 Å². The average molecular weight is 326 g/mol. The summed E-state index contributed by atoms with van der Waals surface area (Å²) in [5.41, 5.74) is 1.30. The molecule has 21 heavy (non-hydrogen) atoms. The van der Waals surface area contributed by atoms with Crippen LogP contribution in [0.25, 0.3) is 0 Å². The minimum atomic E-state index is -0.541. The molecule has 110 valence electrons. The summed E-state index contributed by atoms with van der Waals surface area (Å²) in [5, 5.41) is 0.873. The van der Waals surface area contributed by atoms with Crippen LogP contribution in [-0.4, -0.2) is 16.3 Å². The van der Waals surface area contributed by atoms with Crippen LogP contribution < -0.4 is 0 Å². The molecular weight excluding hydrogens is 313 g/mol. The van der Waals surface area contributed by atoms with Gasteiger partial charge in [0.25, 0.3) is 0 Å². The molecule has 0 atom stereocenters. The maximum absolute atomic E-state index is 12.1. The van der Waals surface area contributed by atoms with Crippen molar-refractivity contribution in [2.24, 2.45) is 7.05 Å². The third kappa shape index (κ3) is 3.46. The largest absolute Gasteiger partial charge is 0.456 e. The monoisotopic (exact) mass is 325 g/mol. The number of aromatic nitrogens is 1. The van der Waals surface area contributed by atoms with Gasteiger partial charge in [-0.25, -0.2) is 4.79 Å². The van der Waals surface area contributed by atoms with Gasteiger partial charge >= 0.3 is 5.97 Å². The van der Waals surface area contributed by atoms with Gasteiger partial charge in [-0.3, -0.25) is 4.79 Å². The molecule has 0 aliphatic heterocycles. The highest BCUT2D eigenvalue weighted by molar-refractivity contribution is 6.35. The SMILES string of the molecule is CC(=O)c1cc(C(=O)OCc2c(Cl)cccc2Cl)n(C)c1. The van der Waals surface area contributed by atoms with Gasteiger partial charge in [0.05, 0.1) is 0 Å². The van der Waals surface area contributed by atoms with Crippen LogP contribution in [0.5, 0.6) is 0 Å². The summed E-state index contributed by atoms with van der Waals surface area (Å²) >= 11 is 12.0. The molecule has 2 rings (SSSR count). The van der Waals surface area contributed by atoms with Crippen molar-refractivity contribution >= 4 is 35.0 Å². The number of hydrogen-bond donors (Lipinski definition) is 0. The van der Waals surface area contributed by atoms with E-state index in [0.717, 1.165) is 0 Å². The predicted octanol–water partition coefficient (Wildman–Crippen LogP) is 3.89. The fourth-order valence-electron chi connectivity index (χ4n) is 1.84. The molecule has 0 amide bonds. The number of benzene rings is 1. The number of nitrogens with zero attached hydrogens (tertiary/aromatic N) is 1. The molecule has 1 aromatic carbocycles. The Kier molecular flexibility index (Phi) is 4.70. The van der Waals surface area contributed by atoms with E-state index in [1.807, 2.05) is 0 Å². The lowest BCUT2D eigenvalue weighted by Crippen LogP contribution is -2.09. The van der Waals surface area contributed by atoms with E-state index in [2.05, 4.69) is 0 Å². The van der Waals surface area contributed by atoms with Gasteiger partial charge in [0, 0.05) is 34.4 Å². The lowest BCUT2D eigenvalue weighted by molar-refractivity contribution is 0.0462. The van der Waals surface area contributed by atoms with Crippen LogP contribution in [0.15, 0.2) is 30.5 Å². The maximum Gasteiger partial charge on any atom is 0.355 e. The number of ether oxygens (including phenoxy) is 1. The fraction of sp³-hybridized carbons (Fsp3) is 0.200. The van der Waals surface area contributed by atoms with E-state index >= 15 is 0 Å². The zero-order valence-electron chi connectivity index (χ0n) is 11.5. The molecule has 4 nitrogen and oxygen atoms in total. The Hall–Kier alpha value is -1.78. The van der Waals surface area contributed by atoms with Crippen LogP contribution in [-0.2, 0) is 18.4 Å². The summed E-state index contributed by atoms with van der Waals surface area (Å²) in [6.45, 7) is 1.41. The first-order chi connectivity index (χ1) is 9.90. The first-order valence-corrected chi connectivity index (χ1v) is 6.93. The van der Waals surface area contributed by atoms with Crippen molar-refractivity contribution < 1.29 is 14.3 Å². The van der Waals surface area contributed by atoms with Crippen LogP contribution in [0.2, 0.25) is 10.0 Å². The van der Waals surface area contributed by atoms with E-state index in [1.165, 1.54) is 13.0 Å². The van der Waals surface area contributed by atoms with Crippen molar-refractivity contribution in [1.82, 2.24) is 4.57 Å². The third-order valence-electron chi connectivity index (χ3n) is 3.03. The summed E-state index contributed by atoms with van der Waals surface area (Å²) in [6, 6.07) is 6.56. The third-order valence-corrected chi connectivity index (χ3v) is 3.74. The Bertz CT molecular complexity index is 687. The number of halogens is 2. The number of esters is 1. The standard InChI is InChI=1S/C15H13Cl2NO3/c1-9(19)10-6-14(18(2)7-10)15(20)21-8-11-12(16)4-3-5-13(11)17/h3-7H,8H2,1-2H3. The van der Waals surface area contributed by atoms with Gasteiger partial charge in [0.1, 0.15) is 12.3 Å². The minimum absolute atomic E-state index is 0.0298. The van der Waals surface area contributed by atoms with E-state index in [-0.39, 0.29) is 12.4 Å². The van der Waals surface area contributed by atoms with E-state index in [4.69, 9.17) is 27.9 Å². The van der Waals surface area contributed by atoms with Gasteiger partial charge in [0.2, 0.25) is 0 Å². The quantitative estimate of drug-likeness (QED) is 0.632. The number of aryl methyl sites for hydroxylation is 1. The number of ketones is 1. The van der Waals surface area contributed by atoms with Crippen molar-refractivity contribution in [2.75, 3.05) is 0 Å². The number of Topliss-reactive ketones (excluding diaryl/α,β-unsaturated/α-hetero) is 1. The summed E-state index contributed by atoms with van der Waals surface area (Å²) in [4.78, 5) is 23.4. The molecule has 2 aromatic rings. The second-order valence-electron chi connectivity index (χ2n) is 4.56. The highest BCUT2D eigenvalue weighted by atomic mass is 35.5. The van der Waals surface area contributed by atoms with Crippen molar-refractivity contribution in [3.63, 3.8) is 0 Å². The van der Waals surface area contributed by atoms with Crippen LogP contribution >= 0.6 is 23.2 Å². The van der Waals surface area contributed by atoms with E-state index in [9.17, 15) is 9.59 Å². The number of rotatable bonds is 4. The first-order valence-electron chi connectivity index (χ1n) is 6.17. The molecule has 0 aliphatic carbocycles. The summed E-state index contributed by atoms with van der Waals surface area (Å²) in [5.74, 6) is -0.653. The summed E-state index contributed by atoms with van der Waals surface area (Å²) in [7, 11) is 1.67. The molecule has 0 saturated carbocycles. The van der Waals surface area contributed by atoms with E-state index < -0.39 is 5.97 Å². The van der Waals surface area contributed by atoms with Crippen molar-refractivity contribution in [2.45, 2.75) is 13.5 Å². The number of hydrogen-bond acceptors (Lipinski definition) is 3. The van der Waals surface area contributed by atoms with Gasteiger partial charge in [-0.2, -0.15) is 0 Å². The van der Waals surface area contributed by atoms with Crippen molar-refractivity contribution in [3.8, 4) is 0 Å². The summed E-state index contributed by atoms with van der Waals surface area (Å²) < 4.78 is 6.76. The predicted molar refractivity (Wildman–Crippen MR) is 81.0 cm³/mol. The van der Waals surface area contributed by atoms with Gasteiger partial charge < -0.3 is 9.30 Å². The van der Waals surface area contributed by atoms with Crippen LogP contribution in [0.1, 0.15) is 33.3 Å². The zero-order chi connectivity index (χ0) is 15.6. The Labute approximate surface area is 132 Å². The normalized spacial score (nSPS) is 10.5. The molecule has 0 unspecified atom stereocenters. The topological polar surface area (TPSA) is 48.3 Å². The Balaban J connectivity index is 2.14. The lowest BCUT2D eigenvalue weighted by atomic mass is 10.2. The summed E-state index contributed by atoms with van der Waals surface area (Å²) in [6.07, 6.45) is 1.58. The molecule has 1 heterocycles. The molecule has 0 spiro atoms. The number of carbonyl (C=O) groups is 2. The average Bonchev–Trinajstić information content (AvgIpc) is 2.80. The Morgan fingerprint density at radius 2 is 1.86 bits per heavy atom. The van der Waals surface area contributed by atoms with Gasteiger partial charge in [0.15, 0.2) is 5.78 Å². The molecule has 0 N–H and O–H groups in total. The maximum atomic E-state index is 12.1. The van der Waals surface area contributed by atoms with Crippen LogP contribution in [0.3, 0.4) is 0 Å². The second kappa shape index (κ2) is 6.33. The van der Waals surface area contributed by atoms with Crippen LogP contribution in [0.4, 0.5) is 0 Å². The molecule has 0 fully saturated rings. The smallest absolute Gasteiger partial charge is 0.355 e. The van der Waals surface area contributed by atoms with E-state index in [1.54, 1.807) is 36.0 Å². The van der Waals surface area contributed by atoms with Gasteiger partial charge in [-0.05, 0) is 25.1 Å². The molecule has 0 aliphatic rings. The van der Waals surface area contributed by atoms with Crippen LogP contribution in [0, 0.1) is 0 Å². The lowest BCUT2D eigenvalue weighted by Gasteiger charge is -2.08. The Morgan fingerprint density at radius 3 is 2.38 bits per heavy atom. The van der Waals surface area contributed by atoms with Crippen molar-refractivity contribution in [3.05, 3.63) is 57.3 Å². The van der Waals surface area contributed by atoms with Gasteiger partial charge in [-0.15, -0.1) is 0 Å². The first kappa shape index (κ1) is 15.6. The van der Waals surface area contributed by atoms with Crippen molar-refractivity contribution in [1.29, 1.82) is 0 Å². The molecule has 1 aromatic heterocycles. The highest BCUT2D eigenvalue weighted by Crippen LogP contribution is 2.25. The fourth-order valence-corrected chi connectivity index (χ4v) is 2.35. The zero-order valence-corrected chi connectivity index (χ0v) is 13.0. The highest BCUT2D eigenvalue weighted by Gasteiger charge is 2.16. The van der Waals surface area contributed by atoms with E-state index in [0.29, 0.717) is 26.9 Å².